The van der Waals surface area contributed by atoms with Crippen molar-refractivity contribution in [3.05, 3.63) is 39.4 Å². The number of carbonyl (C=O) groups excluding carboxylic acids is 2. The third kappa shape index (κ3) is 3.71. The number of hydrogen-bond acceptors (Lipinski definition) is 5. The van der Waals surface area contributed by atoms with E-state index in [1.165, 1.54) is 44.4 Å². The van der Waals surface area contributed by atoms with Gasteiger partial charge in [0.25, 0.3) is 11.6 Å². The van der Waals surface area contributed by atoms with Crippen molar-refractivity contribution < 1.29 is 19.2 Å². The third-order valence-electron chi connectivity index (χ3n) is 5.61. The maximum Gasteiger partial charge on any atom is 0.339 e. The van der Waals surface area contributed by atoms with E-state index in [1.807, 2.05) is 4.90 Å². The van der Waals surface area contributed by atoms with Crippen LogP contribution in [0.1, 0.15) is 54.4 Å². The minimum Gasteiger partial charge on any atom is -0.452 e. The highest BCUT2D eigenvalue weighted by Crippen LogP contribution is 2.35. The molecule has 7 nitrogen and oxygen atoms in total. The number of nitrogens with zero attached hydrogens (tertiary/aromatic N) is 2. The molecule has 1 amide bonds. The largest absolute Gasteiger partial charge is 0.452 e. The van der Waals surface area contributed by atoms with E-state index < -0.39 is 10.9 Å². The number of carbonyl (C=O) groups is 2. The quantitative estimate of drug-likeness (QED) is 0.467. The van der Waals surface area contributed by atoms with E-state index in [0.717, 1.165) is 19.3 Å². The standard InChI is InChI=1S/C19H24N2O5/c1-13-15(8-4-10-16(13)21(24)25)19(23)26-12-18(22)20-11-5-7-14-6-2-3-9-17(14)20/h4,8,10,14,17H,2-3,5-7,9,11-12H2,1H3/t14-,17+/m0/s1. The number of piperidine rings is 1. The number of nitro groups is 1. The van der Waals surface area contributed by atoms with E-state index in [-0.39, 0.29) is 35.4 Å². The number of ether oxygens (including phenoxy) is 1. The number of nitro benzene ring substituents is 1. The van der Waals surface area contributed by atoms with Gasteiger partial charge in [0.1, 0.15) is 0 Å². The molecule has 0 aromatic heterocycles. The van der Waals surface area contributed by atoms with E-state index in [2.05, 4.69) is 0 Å². The zero-order chi connectivity index (χ0) is 18.7. The molecule has 26 heavy (non-hydrogen) atoms. The molecule has 0 bridgehead atoms. The molecule has 1 aliphatic carbocycles. The minimum atomic E-state index is -0.697. The van der Waals surface area contributed by atoms with Crippen molar-refractivity contribution in [2.75, 3.05) is 13.2 Å². The molecule has 3 rings (SSSR count). The van der Waals surface area contributed by atoms with Gasteiger partial charge in [0.15, 0.2) is 6.61 Å². The summed E-state index contributed by atoms with van der Waals surface area (Å²) in [6, 6.07) is 4.53. The Morgan fingerprint density at radius 1 is 1.23 bits per heavy atom. The number of amides is 1. The fourth-order valence-corrected chi connectivity index (χ4v) is 4.26. The molecule has 1 saturated carbocycles. The highest BCUT2D eigenvalue weighted by molar-refractivity contribution is 5.93. The van der Waals surface area contributed by atoms with Crippen molar-refractivity contribution in [3.8, 4) is 0 Å². The van der Waals surface area contributed by atoms with Gasteiger partial charge in [-0.3, -0.25) is 14.9 Å². The lowest BCUT2D eigenvalue weighted by Gasteiger charge is -2.44. The fourth-order valence-electron chi connectivity index (χ4n) is 4.26. The molecule has 1 aromatic carbocycles. The van der Waals surface area contributed by atoms with Crippen molar-refractivity contribution in [1.29, 1.82) is 0 Å². The second-order valence-corrected chi connectivity index (χ2v) is 7.12. The predicted molar refractivity (Wildman–Crippen MR) is 94.8 cm³/mol. The van der Waals surface area contributed by atoms with E-state index in [9.17, 15) is 19.7 Å². The van der Waals surface area contributed by atoms with Crippen LogP contribution in [0, 0.1) is 23.0 Å². The van der Waals surface area contributed by atoms with Crippen LogP contribution in [0.25, 0.3) is 0 Å². The number of rotatable bonds is 4. The summed E-state index contributed by atoms with van der Waals surface area (Å²) in [5.74, 6) is -0.300. The van der Waals surface area contributed by atoms with Gasteiger partial charge in [0.05, 0.1) is 10.5 Å². The average molecular weight is 360 g/mol. The lowest BCUT2D eigenvalue weighted by molar-refractivity contribution is -0.385. The van der Waals surface area contributed by atoms with E-state index >= 15 is 0 Å². The van der Waals surface area contributed by atoms with Gasteiger partial charge in [-0.25, -0.2) is 4.79 Å². The molecule has 1 aliphatic heterocycles. The van der Waals surface area contributed by atoms with Gasteiger partial charge in [0, 0.05) is 24.2 Å². The topological polar surface area (TPSA) is 89.8 Å². The minimum absolute atomic E-state index is 0.126. The molecule has 140 valence electrons. The molecular formula is C19H24N2O5. The molecule has 1 saturated heterocycles. The fraction of sp³-hybridized carbons (Fsp3) is 0.579. The Balaban J connectivity index is 1.63. The molecule has 2 atom stereocenters. The maximum absolute atomic E-state index is 12.6. The molecule has 2 fully saturated rings. The van der Waals surface area contributed by atoms with Crippen molar-refractivity contribution in [2.45, 2.75) is 51.5 Å². The number of benzene rings is 1. The number of fused-ring (bicyclic) bond motifs is 1. The molecule has 7 heteroatoms. The summed E-state index contributed by atoms with van der Waals surface area (Å²) in [6.07, 6.45) is 6.71. The predicted octanol–water partition coefficient (Wildman–Crippen LogP) is 3.24. The van der Waals surface area contributed by atoms with E-state index in [0.29, 0.717) is 12.5 Å². The summed E-state index contributed by atoms with van der Waals surface area (Å²) in [5, 5.41) is 11.0. The van der Waals surface area contributed by atoms with Crippen LogP contribution in [-0.4, -0.2) is 40.9 Å². The molecule has 0 N–H and O–H groups in total. The van der Waals surface area contributed by atoms with Crippen molar-refractivity contribution in [1.82, 2.24) is 4.90 Å². The van der Waals surface area contributed by atoms with Gasteiger partial charge >= 0.3 is 5.97 Å². The average Bonchev–Trinajstić information content (AvgIpc) is 2.65. The normalized spacial score (nSPS) is 22.4. The monoisotopic (exact) mass is 360 g/mol. The second kappa shape index (κ2) is 7.85. The smallest absolute Gasteiger partial charge is 0.339 e. The lowest BCUT2D eigenvalue weighted by atomic mass is 9.78. The van der Waals surface area contributed by atoms with Gasteiger partial charge in [-0.05, 0) is 44.6 Å². The van der Waals surface area contributed by atoms with Crippen LogP contribution in [0.15, 0.2) is 18.2 Å². The first-order valence-corrected chi connectivity index (χ1v) is 9.19. The van der Waals surface area contributed by atoms with Gasteiger partial charge in [-0.1, -0.05) is 18.9 Å². The van der Waals surface area contributed by atoms with Crippen LogP contribution in [0.2, 0.25) is 0 Å². The highest BCUT2D eigenvalue weighted by atomic mass is 16.6. The van der Waals surface area contributed by atoms with Gasteiger partial charge in [-0.2, -0.15) is 0 Å². The first kappa shape index (κ1) is 18.4. The lowest BCUT2D eigenvalue weighted by Crippen LogP contribution is -2.50. The molecule has 1 heterocycles. The Bertz CT molecular complexity index is 716. The van der Waals surface area contributed by atoms with Gasteiger partial charge < -0.3 is 9.64 Å². The first-order valence-electron chi connectivity index (χ1n) is 9.19. The molecule has 0 radical (unpaired) electrons. The first-order chi connectivity index (χ1) is 12.5. The van der Waals surface area contributed by atoms with Crippen molar-refractivity contribution in [3.63, 3.8) is 0 Å². The molecule has 0 unspecified atom stereocenters. The van der Waals surface area contributed by atoms with Crippen LogP contribution in [0.4, 0.5) is 5.69 Å². The molecule has 1 aromatic rings. The zero-order valence-electron chi connectivity index (χ0n) is 15.0. The molecule has 2 aliphatic rings. The maximum atomic E-state index is 12.6. The van der Waals surface area contributed by atoms with E-state index in [4.69, 9.17) is 4.74 Å². The zero-order valence-corrected chi connectivity index (χ0v) is 15.0. The van der Waals surface area contributed by atoms with Gasteiger partial charge in [-0.15, -0.1) is 0 Å². The second-order valence-electron chi connectivity index (χ2n) is 7.12. The summed E-state index contributed by atoms with van der Waals surface area (Å²) in [6.45, 7) is 1.91. The summed E-state index contributed by atoms with van der Waals surface area (Å²) in [7, 11) is 0. The molecule has 0 spiro atoms. The van der Waals surface area contributed by atoms with Crippen LogP contribution in [0.3, 0.4) is 0 Å². The summed E-state index contributed by atoms with van der Waals surface area (Å²) < 4.78 is 5.19. The van der Waals surface area contributed by atoms with Crippen LogP contribution in [-0.2, 0) is 9.53 Å². The van der Waals surface area contributed by atoms with Crippen molar-refractivity contribution in [2.24, 2.45) is 5.92 Å². The summed E-state index contributed by atoms with van der Waals surface area (Å²) in [5.41, 5.74) is 0.244. The number of esters is 1. The third-order valence-corrected chi connectivity index (χ3v) is 5.61. The SMILES string of the molecule is Cc1c(C(=O)OCC(=O)N2CCC[C@@H]3CCCC[C@H]32)cccc1[N+](=O)[O-]. The highest BCUT2D eigenvalue weighted by Gasteiger charge is 2.35. The van der Waals surface area contributed by atoms with Crippen LogP contribution in [0.5, 0.6) is 0 Å². The number of likely N-dealkylation sites (tertiary alicyclic amines) is 1. The van der Waals surface area contributed by atoms with Gasteiger partial charge in [0.2, 0.25) is 0 Å². The number of hydrogen-bond donors (Lipinski definition) is 0. The van der Waals surface area contributed by atoms with Crippen LogP contribution >= 0.6 is 0 Å². The summed E-state index contributed by atoms with van der Waals surface area (Å²) >= 11 is 0. The van der Waals surface area contributed by atoms with Crippen LogP contribution < -0.4 is 0 Å². The Morgan fingerprint density at radius 2 is 1.96 bits per heavy atom. The Morgan fingerprint density at radius 3 is 2.73 bits per heavy atom. The van der Waals surface area contributed by atoms with Crippen molar-refractivity contribution >= 4 is 17.6 Å². The Kier molecular flexibility index (Phi) is 5.54. The molecular weight excluding hydrogens is 336 g/mol. The van der Waals surface area contributed by atoms with E-state index in [1.54, 1.807) is 0 Å². The Hall–Kier alpha value is -2.44. The summed E-state index contributed by atoms with van der Waals surface area (Å²) in [4.78, 5) is 37.2. The Labute approximate surface area is 152 Å².